The molecule has 3 N–H and O–H groups in total. The smallest absolute Gasteiger partial charge is 0.324 e. The molecule has 1 atom stereocenters. The first-order chi connectivity index (χ1) is 6.43. The first kappa shape index (κ1) is 12.4. The van der Waals surface area contributed by atoms with Gasteiger partial charge in [0.05, 0.1) is 0 Å². The minimum Gasteiger partial charge on any atom is -0.481 e. The third-order valence-electron chi connectivity index (χ3n) is 1.29. The Morgan fingerprint density at radius 1 is 1.36 bits per heavy atom. The maximum atomic E-state index is 10.5. The number of hydrogen-bond acceptors (Lipinski definition) is 5. The molecule has 0 aliphatic carbocycles. The summed E-state index contributed by atoms with van der Waals surface area (Å²) in [6, 6.07) is -1.20. The molecule has 0 aliphatic heterocycles. The van der Waals surface area contributed by atoms with Gasteiger partial charge >= 0.3 is 17.9 Å². The fraction of sp³-hybridized carbons (Fsp3) is 0.571. The zero-order valence-electron chi connectivity index (χ0n) is 7.52. The molecule has 0 aliphatic rings. The van der Waals surface area contributed by atoms with Crippen LogP contribution < -0.4 is 5.48 Å². The fourth-order valence-electron chi connectivity index (χ4n) is 0.655. The quantitative estimate of drug-likeness (QED) is 0.495. The van der Waals surface area contributed by atoms with Crippen molar-refractivity contribution in [2.24, 2.45) is 0 Å². The lowest BCUT2D eigenvalue weighted by atomic mass is 10.2. The minimum atomic E-state index is -1.27. The van der Waals surface area contributed by atoms with Crippen molar-refractivity contribution in [3.63, 3.8) is 0 Å². The van der Waals surface area contributed by atoms with E-state index in [1.165, 1.54) is 0 Å². The van der Waals surface area contributed by atoms with Crippen molar-refractivity contribution in [1.82, 2.24) is 5.48 Å². The second-order valence-corrected chi connectivity index (χ2v) is 2.53. The van der Waals surface area contributed by atoms with Crippen LogP contribution in [-0.2, 0) is 19.2 Å². The average molecular weight is 205 g/mol. The van der Waals surface area contributed by atoms with Crippen LogP contribution in [0.15, 0.2) is 0 Å². The standard InChI is InChI=1S/C7H11NO6/c1-4(9)14-8-5(7(12)13)2-3-6(10)11/h5,8H,2-3H2,1H3,(H,10,11)(H,12,13). The highest BCUT2D eigenvalue weighted by molar-refractivity contribution is 5.75. The van der Waals surface area contributed by atoms with Crippen molar-refractivity contribution in [3.8, 4) is 0 Å². The van der Waals surface area contributed by atoms with E-state index in [0.717, 1.165) is 6.92 Å². The summed E-state index contributed by atoms with van der Waals surface area (Å²) in [6.45, 7) is 1.10. The van der Waals surface area contributed by atoms with Crippen LogP contribution in [0.3, 0.4) is 0 Å². The first-order valence-corrected chi connectivity index (χ1v) is 3.81. The van der Waals surface area contributed by atoms with Crippen LogP contribution in [-0.4, -0.2) is 34.2 Å². The van der Waals surface area contributed by atoms with Gasteiger partial charge in [-0.25, -0.2) is 0 Å². The molecule has 0 spiro atoms. The largest absolute Gasteiger partial charge is 0.481 e. The molecule has 7 nitrogen and oxygen atoms in total. The lowest BCUT2D eigenvalue weighted by Crippen LogP contribution is -2.38. The van der Waals surface area contributed by atoms with Crippen molar-refractivity contribution in [2.45, 2.75) is 25.8 Å². The van der Waals surface area contributed by atoms with Gasteiger partial charge in [-0.15, -0.1) is 5.48 Å². The van der Waals surface area contributed by atoms with Gasteiger partial charge in [0.15, 0.2) is 0 Å². The van der Waals surface area contributed by atoms with Crippen LogP contribution in [0.2, 0.25) is 0 Å². The number of carboxylic acids is 2. The van der Waals surface area contributed by atoms with E-state index in [4.69, 9.17) is 10.2 Å². The summed E-state index contributed by atoms with van der Waals surface area (Å²) in [4.78, 5) is 35.2. The highest BCUT2D eigenvalue weighted by Crippen LogP contribution is 1.97. The summed E-state index contributed by atoms with van der Waals surface area (Å²) in [5.41, 5.74) is 1.96. The molecular formula is C7H11NO6. The van der Waals surface area contributed by atoms with E-state index in [0.29, 0.717) is 0 Å². The molecule has 14 heavy (non-hydrogen) atoms. The van der Waals surface area contributed by atoms with Crippen molar-refractivity contribution >= 4 is 17.9 Å². The van der Waals surface area contributed by atoms with Crippen LogP contribution in [0.5, 0.6) is 0 Å². The molecule has 0 aromatic rings. The summed E-state index contributed by atoms with van der Waals surface area (Å²) in [6.07, 6.45) is -0.469. The number of hydroxylamine groups is 1. The first-order valence-electron chi connectivity index (χ1n) is 3.81. The summed E-state index contributed by atoms with van der Waals surface area (Å²) < 4.78 is 0. The molecule has 0 radical (unpaired) electrons. The van der Waals surface area contributed by atoms with Gasteiger partial charge < -0.3 is 15.1 Å². The maximum absolute atomic E-state index is 10.5. The van der Waals surface area contributed by atoms with E-state index >= 15 is 0 Å². The average Bonchev–Trinajstić information content (AvgIpc) is 2.02. The van der Waals surface area contributed by atoms with Crippen molar-refractivity contribution in [1.29, 1.82) is 0 Å². The Bertz CT molecular complexity index is 220. The lowest BCUT2D eigenvalue weighted by molar-refractivity contribution is -0.156. The van der Waals surface area contributed by atoms with Gasteiger partial charge in [0.2, 0.25) is 0 Å². The van der Waals surface area contributed by atoms with Gasteiger partial charge in [-0.1, -0.05) is 0 Å². The second-order valence-electron chi connectivity index (χ2n) is 2.53. The van der Waals surface area contributed by atoms with E-state index in [1.54, 1.807) is 0 Å². The molecule has 0 rings (SSSR count). The van der Waals surface area contributed by atoms with Crippen LogP contribution >= 0.6 is 0 Å². The number of carbonyl (C=O) groups is 3. The van der Waals surface area contributed by atoms with Crippen molar-refractivity contribution in [2.75, 3.05) is 0 Å². The number of hydrogen-bond donors (Lipinski definition) is 3. The van der Waals surface area contributed by atoms with Crippen molar-refractivity contribution < 1.29 is 29.4 Å². The number of carboxylic acid groups (broad SMARTS) is 2. The predicted octanol–water partition coefficient (Wildman–Crippen LogP) is -0.628. The maximum Gasteiger partial charge on any atom is 0.324 e. The van der Waals surface area contributed by atoms with Crippen LogP contribution in [0, 0.1) is 0 Å². The second kappa shape index (κ2) is 5.92. The summed E-state index contributed by atoms with van der Waals surface area (Å²) in [7, 11) is 0. The number of rotatable bonds is 6. The fourth-order valence-corrected chi connectivity index (χ4v) is 0.655. The molecular weight excluding hydrogens is 194 g/mol. The van der Waals surface area contributed by atoms with Gasteiger partial charge in [-0.05, 0) is 6.42 Å². The van der Waals surface area contributed by atoms with Crippen LogP contribution in [0.1, 0.15) is 19.8 Å². The SMILES string of the molecule is CC(=O)ONC(CCC(=O)O)C(=O)O. The number of nitrogens with one attached hydrogen (secondary N) is 1. The van der Waals surface area contributed by atoms with Gasteiger partial charge in [0, 0.05) is 13.3 Å². The zero-order valence-corrected chi connectivity index (χ0v) is 7.52. The molecule has 0 saturated heterocycles. The molecule has 0 bridgehead atoms. The Kier molecular flexibility index (Phi) is 5.23. The lowest BCUT2D eigenvalue weighted by Gasteiger charge is -2.11. The molecule has 0 heterocycles. The topological polar surface area (TPSA) is 113 Å². The molecule has 7 heteroatoms. The monoisotopic (exact) mass is 205 g/mol. The molecule has 0 fully saturated rings. The summed E-state index contributed by atoms with van der Waals surface area (Å²) in [5, 5.41) is 16.8. The summed E-state index contributed by atoms with van der Waals surface area (Å²) in [5.74, 6) is -3.07. The highest BCUT2D eigenvalue weighted by atomic mass is 16.7. The van der Waals surface area contributed by atoms with E-state index < -0.39 is 23.9 Å². The minimum absolute atomic E-state index is 0.155. The Balaban J connectivity index is 3.96. The molecule has 80 valence electrons. The zero-order chi connectivity index (χ0) is 11.1. The van der Waals surface area contributed by atoms with E-state index in [-0.39, 0.29) is 12.8 Å². The van der Waals surface area contributed by atoms with Crippen LogP contribution in [0.4, 0.5) is 0 Å². The number of aliphatic carboxylic acids is 2. The Hall–Kier alpha value is -1.63. The van der Waals surface area contributed by atoms with E-state index in [9.17, 15) is 14.4 Å². The molecule has 1 unspecified atom stereocenters. The molecule has 0 amide bonds. The summed E-state index contributed by atoms with van der Waals surface area (Å²) >= 11 is 0. The van der Waals surface area contributed by atoms with Crippen molar-refractivity contribution in [3.05, 3.63) is 0 Å². The predicted molar refractivity (Wildman–Crippen MR) is 43.2 cm³/mol. The third-order valence-corrected chi connectivity index (χ3v) is 1.29. The van der Waals surface area contributed by atoms with Gasteiger partial charge in [0.25, 0.3) is 0 Å². The Labute approximate surface area is 79.6 Å². The number of carbonyl (C=O) groups excluding carboxylic acids is 1. The van der Waals surface area contributed by atoms with Crippen LogP contribution in [0.25, 0.3) is 0 Å². The molecule has 0 aromatic heterocycles. The Morgan fingerprint density at radius 2 is 1.93 bits per heavy atom. The van der Waals surface area contributed by atoms with E-state index in [2.05, 4.69) is 4.84 Å². The molecule has 0 aromatic carbocycles. The third kappa shape index (κ3) is 5.95. The van der Waals surface area contributed by atoms with E-state index in [1.807, 2.05) is 5.48 Å². The van der Waals surface area contributed by atoms with Gasteiger partial charge in [-0.3, -0.25) is 14.4 Å². The van der Waals surface area contributed by atoms with Gasteiger partial charge in [0.1, 0.15) is 6.04 Å². The Morgan fingerprint density at radius 3 is 2.29 bits per heavy atom. The van der Waals surface area contributed by atoms with Gasteiger partial charge in [-0.2, -0.15) is 0 Å². The highest BCUT2D eigenvalue weighted by Gasteiger charge is 2.19. The molecule has 0 saturated carbocycles. The normalized spacial score (nSPS) is 11.8.